The zero-order valence-corrected chi connectivity index (χ0v) is 11.4. The first kappa shape index (κ1) is 13.8. The number of hydrogen-bond donors (Lipinski definition) is 2. The lowest BCUT2D eigenvalue weighted by Gasteiger charge is -2.32. The summed E-state index contributed by atoms with van der Waals surface area (Å²) in [4.78, 5) is 17.9. The fourth-order valence-electron chi connectivity index (χ4n) is 2.27. The van der Waals surface area contributed by atoms with Crippen LogP contribution < -0.4 is 10.6 Å². The fraction of sp³-hybridized carbons (Fsp3) is 0.571. The van der Waals surface area contributed by atoms with Gasteiger partial charge in [-0.2, -0.15) is 0 Å². The molecule has 0 bridgehead atoms. The summed E-state index contributed by atoms with van der Waals surface area (Å²) in [5.74, 6) is 0. The number of hydrogen-bond acceptors (Lipinski definition) is 3. The van der Waals surface area contributed by atoms with Gasteiger partial charge in [0, 0.05) is 37.2 Å². The Balaban J connectivity index is 1.76. The molecule has 0 unspecified atom stereocenters. The molecule has 0 atom stereocenters. The molecule has 2 heterocycles. The summed E-state index contributed by atoms with van der Waals surface area (Å²) in [5.41, 5.74) is 0.797. The van der Waals surface area contributed by atoms with Gasteiger partial charge in [0.2, 0.25) is 0 Å². The minimum absolute atomic E-state index is 0.0138. The van der Waals surface area contributed by atoms with E-state index in [1.807, 2.05) is 4.90 Å². The van der Waals surface area contributed by atoms with Crippen LogP contribution in [0.15, 0.2) is 24.5 Å². The van der Waals surface area contributed by atoms with E-state index < -0.39 is 0 Å². The van der Waals surface area contributed by atoms with E-state index in [0.717, 1.165) is 44.6 Å². The molecule has 104 valence electrons. The van der Waals surface area contributed by atoms with Crippen LogP contribution in [0.4, 0.5) is 10.5 Å². The highest BCUT2D eigenvalue weighted by Crippen LogP contribution is 2.12. The topological polar surface area (TPSA) is 57.3 Å². The minimum Gasteiger partial charge on any atom is -0.324 e. The minimum atomic E-state index is -0.0138. The first-order chi connectivity index (χ1) is 9.29. The van der Waals surface area contributed by atoms with Crippen molar-refractivity contribution in [2.75, 3.05) is 25.0 Å². The van der Waals surface area contributed by atoms with E-state index in [4.69, 9.17) is 0 Å². The van der Waals surface area contributed by atoms with Gasteiger partial charge in [-0.05, 0) is 37.9 Å². The lowest BCUT2D eigenvalue weighted by Crippen LogP contribution is -2.46. The SMILES string of the molecule is CCCNC1CCN(C(=O)Nc2ccncc2)CC1. The van der Waals surface area contributed by atoms with Gasteiger partial charge in [-0.15, -0.1) is 0 Å². The van der Waals surface area contributed by atoms with Crippen molar-refractivity contribution in [1.29, 1.82) is 0 Å². The zero-order valence-electron chi connectivity index (χ0n) is 11.4. The van der Waals surface area contributed by atoms with Crippen molar-refractivity contribution in [3.05, 3.63) is 24.5 Å². The standard InChI is InChI=1S/C14H22N4O/c1-2-7-16-12-5-10-18(11-6-12)14(19)17-13-3-8-15-9-4-13/h3-4,8-9,12,16H,2,5-7,10-11H2,1H3,(H,15,17,19). The number of amides is 2. The average molecular weight is 262 g/mol. The smallest absolute Gasteiger partial charge is 0.321 e. The van der Waals surface area contributed by atoms with Crippen molar-refractivity contribution in [3.63, 3.8) is 0 Å². The number of carbonyl (C=O) groups is 1. The Morgan fingerprint density at radius 1 is 1.37 bits per heavy atom. The summed E-state index contributed by atoms with van der Waals surface area (Å²) in [7, 11) is 0. The Bertz CT molecular complexity index is 388. The molecule has 1 aromatic heterocycles. The highest BCUT2D eigenvalue weighted by Gasteiger charge is 2.22. The average Bonchev–Trinajstić information content (AvgIpc) is 2.46. The molecule has 1 fully saturated rings. The van der Waals surface area contributed by atoms with E-state index in [-0.39, 0.29) is 6.03 Å². The largest absolute Gasteiger partial charge is 0.324 e. The summed E-state index contributed by atoms with van der Waals surface area (Å²) in [6.07, 6.45) is 6.57. The second-order valence-corrected chi connectivity index (χ2v) is 4.88. The van der Waals surface area contributed by atoms with Gasteiger partial charge in [0.15, 0.2) is 0 Å². The Kier molecular flexibility index (Phi) is 5.15. The van der Waals surface area contributed by atoms with Gasteiger partial charge in [0.25, 0.3) is 0 Å². The number of urea groups is 1. The van der Waals surface area contributed by atoms with Crippen LogP contribution in [0.25, 0.3) is 0 Å². The van der Waals surface area contributed by atoms with Gasteiger partial charge >= 0.3 is 6.03 Å². The van der Waals surface area contributed by atoms with Crippen molar-refractivity contribution in [3.8, 4) is 0 Å². The van der Waals surface area contributed by atoms with Crippen molar-refractivity contribution >= 4 is 11.7 Å². The number of aromatic nitrogens is 1. The monoisotopic (exact) mass is 262 g/mol. The number of nitrogens with one attached hydrogen (secondary N) is 2. The highest BCUT2D eigenvalue weighted by atomic mass is 16.2. The molecule has 0 saturated carbocycles. The van der Waals surface area contributed by atoms with E-state index in [1.165, 1.54) is 0 Å². The Morgan fingerprint density at radius 3 is 2.68 bits per heavy atom. The molecule has 5 nitrogen and oxygen atoms in total. The van der Waals surface area contributed by atoms with Crippen LogP contribution >= 0.6 is 0 Å². The Hall–Kier alpha value is -1.62. The van der Waals surface area contributed by atoms with Gasteiger partial charge in [0.1, 0.15) is 0 Å². The van der Waals surface area contributed by atoms with Crippen LogP contribution in [-0.4, -0.2) is 41.6 Å². The van der Waals surface area contributed by atoms with Crippen molar-refractivity contribution < 1.29 is 4.79 Å². The van der Waals surface area contributed by atoms with E-state index >= 15 is 0 Å². The normalized spacial score (nSPS) is 16.4. The van der Waals surface area contributed by atoms with Gasteiger partial charge in [0.05, 0.1) is 0 Å². The molecule has 0 spiro atoms. The molecule has 1 saturated heterocycles. The third kappa shape index (κ3) is 4.21. The second kappa shape index (κ2) is 7.09. The molecule has 0 aliphatic carbocycles. The number of anilines is 1. The molecule has 2 amide bonds. The molecule has 19 heavy (non-hydrogen) atoms. The molecule has 1 aliphatic rings. The molecule has 5 heteroatoms. The second-order valence-electron chi connectivity index (χ2n) is 4.88. The third-order valence-corrected chi connectivity index (χ3v) is 3.40. The van der Waals surface area contributed by atoms with E-state index in [1.54, 1.807) is 24.5 Å². The van der Waals surface area contributed by atoms with Crippen LogP contribution in [0.1, 0.15) is 26.2 Å². The third-order valence-electron chi connectivity index (χ3n) is 3.40. The quantitative estimate of drug-likeness (QED) is 0.873. The van der Waals surface area contributed by atoms with Crippen LogP contribution in [-0.2, 0) is 0 Å². The summed E-state index contributed by atoms with van der Waals surface area (Å²) in [6, 6.07) is 4.14. The Labute approximate surface area is 114 Å². The molecule has 0 radical (unpaired) electrons. The molecule has 2 rings (SSSR count). The molecule has 0 aromatic carbocycles. The first-order valence-electron chi connectivity index (χ1n) is 6.99. The summed E-state index contributed by atoms with van der Waals surface area (Å²) < 4.78 is 0. The lowest BCUT2D eigenvalue weighted by molar-refractivity contribution is 0.189. The zero-order chi connectivity index (χ0) is 13.5. The molecule has 1 aromatic rings. The van der Waals surface area contributed by atoms with Crippen molar-refractivity contribution in [1.82, 2.24) is 15.2 Å². The van der Waals surface area contributed by atoms with Gasteiger partial charge in [-0.3, -0.25) is 4.98 Å². The van der Waals surface area contributed by atoms with Crippen molar-refractivity contribution in [2.24, 2.45) is 0 Å². The summed E-state index contributed by atoms with van der Waals surface area (Å²) >= 11 is 0. The number of carbonyl (C=O) groups excluding carboxylic acids is 1. The highest BCUT2D eigenvalue weighted by molar-refractivity contribution is 5.89. The molecule has 1 aliphatic heterocycles. The van der Waals surface area contributed by atoms with Gasteiger partial charge < -0.3 is 15.5 Å². The van der Waals surface area contributed by atoms with Crippen LogP contribution in [0, 0.1) is 0 Å². The number of pyridine rings is 1. The van der Waals surface area contributed by atoms with Crippen LogP contribution in [0.3, 0.4) is 0 Å². The number of likely N-dealkylation sites (tertiary alicyclic amines) is 1. The first-order valence-corrected chi connectivity index (χ1v) is 6.99. The van der Waals surface area contributed by atoms with Crippen LogP contribution in [0.2, 0.25) is 0 Å². The van der Waals surface area contributed by atoms with Gasteiger partial charge in [-0.1, -0.05) is 6.92 Å². The van der Waals surface area contributed by atoms with Crippen molar-refractivity contribution in [2.45, 2.75) is 32.2 Å². The van der Waals surface area contributed by atoms with E-state index in [2.05, 4.69) is 22.5 Å². The predicted molar refractivity (Wildman–Crippen MR) is 76.1 cm³/mol. The predicted octanol–water partition coefficient (Wildman–Crippen LogP) is 2.08. The number of rotatable bonds is 4. The Morgan fingerprint density at radius 2 is 2.05 bits per heavy atom. The maximum absolute atomic E-state index is 12.1. The van der Waals surface area contributed by atoms with E-state index in [9.17, 15) is 4.79 Å². The maximum Gasteiger partial charge on any atom is 0.321 e. The fourth-order valence-corrected chi connectivity index (χ4v) is 2.27. The molecular weight excluding hydrogens is 240 g/mol. The molecular formula is C14H22N4O. The lowest BCUT2D eigenvalue weighted by atomic mass is 10.1. The summed E-state index contributed by atoms with van der Waals surface area (Å²) in [5, 5.41) is 6.41. The van der Waals surface area contributed by atoms with Gasteiger partial charge in [-0.25, -0.2) is 4.79 Å². The van der Waals surface area contributed by atoms with Crippen LogP contribution in [0.5, 0.6) is 0 Å². The molecule has 2 N–H and O–H groups in total. The maximum atomic E-state index is 12.1. The van der Waals surface area contributed by atoms with E-state index in [0.29, 0.717) is 6.04 Å². The summed E-state index contributed by atoms with van der Waals surface area (Å²) in [6.45, 7) is 4.87. The number of nitrogens with zero attached hydrogens (tertiary/aromatic N) is 2. The number of piperidine rings is 1.